The lowest BCUT2D eigenvalue weighted by molar-refractivity contribution is -0.170. The summed E-state index contributed by atoms with van der Waals surface area (Å²) in [5.41, 5.74) is 1.98. The summed E-state index contributed by atoms with van der Waals surface area (Å²) in [4.78, 5) is 0. The van der Waals surface area contributed by atoms with Crippen molar-refractivity contribution in [2.24, 2.45) is 0 Å². The van der Waals surface area contributed by atoms with Gasteiger partial charge >= 0.3 is 0 Å². The van der Waals surface area contributed by atoms with E-state index in [1.807, 2.05) is 36.5 Å². The van der Waals surface area contributed by atoms with Gasteiger partial charge in [-0.1, -0.05) is 30.3 Å². The number of aliphatic hydroxyl groups excluding tert-OH is 1. The van der Waals surface area contributed by atoms with Gasteiger partial charge in [0.1, 0.15) is 12.1 Å². The van der Waals surface area contributed by atoms with E-state index >= 15 is 0 Å². The Hall–Kier alpha value is -1.87. The van der Waals surface area contributed by atoms with Crippen LogP contribution in [-0.4, -0.2) is 58.0 Å². The first-order valence-electron chi connectivity index (χ1n) is 10.2. The van der Waals surface area contributed by atoms with Gasteiger partial charge in [0, 0.05) is 30.6 Å². The predicted molar refractivity (Wildman–Crippen MR) is 101 cm³/mol. The standard InChI is InChI=1S/C21H25F2N3O3/c22-21(23)8-6-15(7-9-21)25-17-16-12-28-20(29-16)18(19(17)27)26-11-14(10-24-26)13-4-2-1-3-5-13/h1-5,10-11,15-20,25,27H,6-9,12H2/t16-,17-,18-,19+,20-/m1/s1. The molecule has 2 bridgehead atoms. The summed E-state index contributed by atoms with van der Waals surface area (Å²) >= 11 is 0. The highest BCUT2D eigenvalue weighted by Gasteiger charge is 2.52. The zero-order chi connectivity index (χ0) is 20.0. The molecule has 5 atom stereocenters. The smallest absolute Gasteiger partial charge is 0.248 e. The van der Waals surface area contributed by atoms with Crippen molar-refractivity contribution < 1.29 is 23.4 Å². The molecule has 0 unspecified atom stereocenters. The Bertz CT molecular complexity index is 837. The summed E-state index contributed by atoms with van der Waals surface area (Å²) in [6.45, 7) is 0.367. The molecule has 29 heavy (non-hydrogen) atoms. The molecule has 0 spiro atoms. The quantitative estimate of drug-likeness (QED) is 0.819. The Morgan fingerprint density at radius 1 is 1.14 bits per heavy atom. The van der Waals surface area contributed by atoms with Crippen LogP contribution in [0, 0.1) is 0 Å². The van der Waals surface area contributed by atoms with Crippen LogP contribution in [0.5, 0.6) is 0 Å². The van der Waals surface area contributed by atoms with Gasteiger partial charge < -0.3 is 19.9 Å². The fraction of sp³-hybridized carbons (Fsp3) is 0.571. The van der Waals surface area contributed by atoms with Crippen molar-refractivity contribution in [3.05, 3.63) is 42.7 Å². The van der Waals surface area contributed by atoms with Crippen LogP contribution in [0.15, 0.2) is 42.7 Å². The first kappa shape index (κ1) is 19.1. The van der Waals surface area contributed by atoms with E-state index in [4.69, 9.17) is 9.47 Å². The molecular formula is C21H25F2N3O3. The summed E-state index contributed by atoms with van der Waals surface area (Å²) in [5.74, 6) is -2.58. The number of aromatic nitrogens is 2. The molecule has 1 aromatic heterocycles. The zero-order valence-corrected chi connectivity index (χ0v) is 16.0. The van der Waals surface area contributed by atoms with Gasteiger partial charge in [-0.2, -0.15) is 5.10 Å². The third kappa shape index (κ3) is 3.70. The van der Waals surface area contributed by atoms with Crippen LogP contribution in [-0.2, 0) is 9.47 Å². The van der Waals surface area contributed by atoms with Gasteiger partial charge in [0.25, 0.3) is 0 Å². The molecule has 0 radical (unpaired) electrons. The number of rotatable bonds is 4. The molecule has 6 nitrogen and oxygen atoms in total. The summed E-state index contributed by atoms with van der Waals surface area (Å²) in [6, 6.07) is 8.92. The van der Waals surface area contributed by atoms with Crippen molar-refractivity contribution in [2.45, 2.75) is 68.2 Å². The second-order valence-corrected chi connectivity index (χ2v) is 8.26. The van der Waals surface area contributed by atoms with Gasteiger partial charge in [0.2, 0.25) is 5.92 Å². The third-order valence-electron chi connectivity index (χ3n) is 6.29. The minimum atomic E-state index is -2.58. The largest absolute Gasteiger partial charge is 0.389 e. The maximum atomic E-state index is 13.5. The van der Waals surface area contributed by atoms with Crippen LogP contribution in [0.2, 0.25) is 0 Å². The highest BCUT2D eigenvalue weighted by Crippen LogP contribution is 2.38. The fourth-order valence-corrected chi connectivity index (χ4v) is 4.65. The molecule has 2 aliphatic heterocycles. The molecule has 156 valence electrons. The highest BCUT2D eigenvalue weighted by molar-refractivity contribution is 5.61. The molecule has 2 aromatic rings. The van der Waals surface area contributed by atoms with E-state index in [9.17, 15) is 13.9 Å². The van der Waals surface area contributed by atoms with Crippen LogP contribution < -0.4 is 5.32 Å². The Morgan fingerprint density at radius 2 is 1.90 bits per heavy atom. The number of nitrogens with zero attached hydrogens (tertiary/aromatic N) is 2. The number of aliphatic hydroxyl groups is 1. The molecule has 1 aromatic carbocycles. The van der Waals surface area contributed by atoms with Crippen molar-refractivity contribution in [2.75, 3.05) is 6.61 Å². The van der Waals surface area contributed by atoms with Crippen LogP contribution in [0.4, 0.5) is 8.78 Å². The Balaban J connectivity index is 1.34. The van der Waals surface area contributed by atoms with Gasteiger partial charge in [-0.15, -0.1) is 0 Å². The monoisotopic (exact) mass is 405 g/mol. The second-order valence-electron chi connectivity index (χ2n) is 8.26. The topological polar surface area (TPSA) is 68.5 Å². The summed E-state index contributed by atoms with van der Waals surface area (Å²) in [6.07, 6.45) is 2.50. The minimum absolute atomic E-state index is 0.0619. The highest BCUT2D eigenvalue weighted by atomic mass is 19.3. The number of hydrogen-bond donors (Lipinski definition) is 2. The van der Waals surface area contributed by atoms with Crippen LogP contribution >= 0.6 is 0 Å². The lowest BCUT2D eigenvalue weighted by Gasteiger charge is -2.41. The normalized spacial score (nSPS) is 34.4. The first-order chi connectivity index (χ1) is 14.0. The minimum Gasteiger partial charge on any atom is -0.389 e. The molecule has 3 fully saturated rings. The van der Waals surface area contributed by atoms with E-state index in [2.05, 4.69) is 10.4 Å². The van der Waals surface area contributed by atoms with Crippen molar-refractivity contribution in [1.82, 2.24) is 15.1 Å². The number of benzene rings is 1. The van der Waals surface area contributed by atoms with Gasteiger partial charge in [-0.25, -0.2) is 8.78 Å². The van der Waals surface area contributed by atoms with Crippen molar-refractivity contribution in [3.8, 4) is 11.1 Å². The maximum absolute atomic E-state index is 13.5. The van der Waals surface area contributed by atoms with E-state index in [-0.39, 0.29) is 31.0 Å². The third-order valence-corrected chi connectivity index (χ3v) is 6.29. The molecule has 8 heteroatoms. The van der Waals surface area contributed by atoms with Crippen molar-refractivity contribution >= 4 is 0 Å². The van der Waals surface area contributed by atoms with Crippen LogP contribution in [0.1, 0.15) is 31.7 Å². The van der Waals surface area contributed by atoms with Crippen molar-refractivity contribution in [1.29, 1.82) is 0 Å². The zero-order valence-electron chi connectivity index (χ0n) is 16.0. The summed E-state index contributed by atoms with van der Waals surface area (Å²) < 4.78 is 40.4. The maximum Gasteiger partial charge on any atom is 0.248 e. The molecule has 3 aliphatic rings. The Kier molecular flexibility index (Phi) is 4.90. The molecule has 0 amide bonds. The first-order valence-corrected chi connectivity index (χ1v) is 10.2. The number of halogens is 2. The van der Waals surface area contributed by atoms with E-state index in [1.54, 1.807) is 10.9 Å². The molecule has 3 heterocycles. The second kappa shape index (κ2) is 7.43. The summed E-state index contributed by atoms with van der Waals surface area (Å²) in [7, 11) is 0. The average Bonchev–Trinajstić information content (AvgIpc) is 3.36. The molecule has 1 saturated carbocycles. The Labute approximate surface area is 167 Å². The summed E-state index contributed by atoms with van der Waals surface area (Å²) in [5, 5.41) is 19.0. The Morgan fingerprint density at radius 3 is 2.66 bits per heavy atom. The number of hydrogen-bond acceptors (Lipinski definition) is 5. The number of nitrogens with one attached hydrogen (secondary N) is 1. The van der Waals surface area contributed by atoms with Crippen molar-refractivity contribution in [3.63, 3.8) is 0 Å². The number of alkyl halides is 2. The predicted octanol–water partition coefficient (Wildman–Crippen LogP) is 2.74. The lowest BCUT2D eigenvalue weighted by Crippen LogP contribution is -2.60. The fourth-order valence-electron chi connectivity index (χ4n) is 4.65. The van der Waals surface area contributed by atoms with Gasteiger partial charge in [-0.05, 0) is 18.4 Å². The molecule has 5 rings (SSSR count). The van der Waals surface area contributed by atoms with E-state index in [1.165, 1.54) is 0 Å². The van der Waals surface area contributed by atoms with Gasteiger partial charge in [0.05, 0.1) is 24.9 Å². The van der Waals surface area contributed by atoms with Crippen LogP contribution in [0.25, 0.3) is 11.1 Å². The van der Waals surface area contributed by atoms with E-state index < -0.39 is 24.4 Å². The molecule has 2 saturated heterocycles. The van der Waals surface area contributed by atoms with E-state index in [0.29, 0.717) is 19.4 Å². The van der Waals surface area contributed by atoms with E-state index in [0.717, 1.165) is 11.1 Å². The number of ether oxygens (including phenoxy) is 2. The number of fused-ring (bicyclic) bond motifs is 2. The molecular weight excluding hydrogens is 380 g/mol. The lowest BCUT2D eigenvalue weighted by atomic mass is 9.89. The molecule has 2 N–H and O–H groups in total. The molecule has 1 aliphatic carbocycles. The van der Waals surface area contributed by atoms with Gasteiger partial charge in [0.15, 0.2) is 6.29 Å². The average molecular weight is 405 g/mol. The SMILES string of the molecule is O[C@H]1[C@H](NC2CCC(F)(F)CC2)[C@H]2CO[C@H](O2)[C@@H]1n1cc(-c2ccccc2)cn1. The van der Waals surface area contributed by atoms with Crippen LogP contribution in [0.3, 0.4) is 0 Å². The van der Waals surface area contributed by atoms with Gasteiger partial charge in [-0.3, -0.25) is 4.68 Å².